The van der Waals surface area contributed by atoms with E-state index in [0.29, 0.717) is 0 Å². The van der Waals surface area contributed by atoms with Gasteiger partial charge in [0.25, 0.3) is 0 Å². The number of hydrogen-bond acceptors (Lipinski definition) is 8. The van der Waals surface area contributed by atoms with Gasteiger partial charge in [-0.15, -0.1) is 0 Å². The summed E-state index contributed by atoms with van der Waals surface area (Å²) in [6.45, 7) is 0.927. The molecule has 0 saturated carbocycles. The summed E-state index contributed by atoms with van der Waals surface area (Å²) >= 11 is 3.36. The van der Waals surface area contributed by atoms with E-state index in [2.05, 4.69) is 28.1 Å². The van der Waals surface area contributed by atoms with E-state index in [0.717, 1.165) is 10.9 Å². The number of rotatable bonds is 9. The summed E-state index contributed by atoms with van der Waals surface area (Å²) in [6, 6.07) is 19.5. The summed E-state index contributed by atoms with van der Waals surface area (Å²) in [5, 5.41) is 44.1. The van der Waals surface area contributed by atoms with Crippen LogP contribution in [-0.4, -0.2) is 76.5 Å². The normalized spacial score (nSPS) is 10.1. The van der Waals surface area contributed by atoms with Crippen LogP contribution in [0.25, 0.3) is 0 Å². The molecule has 0 saturated heterocycles. The Labute approximate surface area is 269 Å². The van der Waals surface area contributed by atoms with Crippen LogP contribution in [0.2, 0.25) is 0 Å². The van der Waals surface area contributed by atoms with Gasteiger partial charge in [-0.2, -0.15) is 0 Å². The zero-order valence-electron chi connectivity index (χ0n) is 22.4. The van der Waals surface area contributed by atoms with Gasteiger partial charge in [0.2, 0.25) is 0 Å². The van der Waals surface area contributed by atoms with E-state index < -0.39 is 56.3 Å². The number of aliphatic hydroxyl groups is 4. The molecule has 0 spiro atoms. The fourth-order valence-corrected chi connectivity index (χ4v) is 2.20. The summed E-state index contributed by atoms with van der Waals surface area (Å²) in [4.78, 5) is 21.7. The maximum absolute atomic E-state index is 11.6. The van der Waals surface area contributed by atoms with Crippen LogP contribution < -0.4 is 51.4 Å². The molecular weight excluding hydrogens is 582 g/mol. The van der Waals surface area contributed by atoms with Gasteiger partial charge in [-0.05, 0) is 25.0 Å². The number of halogens is 2. The van der Waals surface area contributed by atoms with Gasteiger partial charge < -0.3 is 35.7 Å². The van der Waals surface area contributed by atoms with Crippen molar-refractivity contribution in [2.24, 2.45) is 10.8 Å². The number of ether oxygens (including phenoxy) is 1. The summed E-state index contributed by atoms with van der Waals surface area (Å²) in [5.74, 6) is -1.78. The van der Waals surface area contributed by atoms with Crippen molar-refractivity contribution in [3.05, 3.63) is 71.8 Å². The Balaban J connectivity index is -0.000000226. The minimum absolute atomic E-state index is 0. The molecule has 0 aliphatic heterocycles. The maximum atomic E-state index is 11.6. The minimum Gasteiger partial charge on any atom is -0.870 e. The fourth-order valence-electron chi connectivity index (χ4n) is 1.83. The van der Waals surface area contributed by atoms with Crippen molar-refractivity contribution < 1.29 is 102 Å². The molecule has 2 rings (SSSR count). The molecule has 0 atom stereocenters. The van der Waals surface area contributed by atoms with E-state index >= 15 is 0 Å². The van der Waals surface area contributed by atoms with Gasteiger partial charge in [0.05, 0.1) is 35.0 Å². The second-order valence-electron chi connectivity index (χ2n) is 7.74. The number of alkyl halides is 2. The zero-order valence-corrected chi connectivity index (χ0v) is 26.1. The first kappa shape index (κ1) is 40.7. The van der Waals surface area contributed by atoms with Crippen molar-refractivity contribution in [1.82, 2.24) is 0 Å². The Morgan fingerprint density at radius 1 is 0.865 bits per heavy atom. The Morgan fingerprint density at radius 2 is 1.22 bits per heavy atom. The van der Waals surface area contributed by atoms with E-state index in [1.807, 2.05) is 48.5 Å². The minimum atomic E-state index is -1.39. The standard InChI is InChI=1S/C12H16O4.C7H7Br.C5H10O4.CH3F.K.H2O/c1-12(8-13,9-14)11(15)16-7-10-5-3-2-4-6-10;8-6-7-4-2-1-3-5-7;1-5(2-6,3-7)4(8)9;1-2;;/h2-6,13-14H,7-9H2,1H3;1-5H,6H2;6-7H,2-3H2,1H3,(H,8,9);1H3;;1H2/q;;;;+1;/p-1/i;;;1D;;. The second kappa shape index (κ2) is 25.5. The van der Waals surface area contributed by atoms with Crippen LogP contribution in [0.1, 0.15) is 26.3 Å². The van der Waals surface area contributed by atoms with Crippen LogP contribution in [0.15, 0.2) is 60.7 Å². The van der Waals surface area contributed by atoms with Crippen molar-refractivity contribution in [2.75, 3.05) is 33.6 Å². The van der Waals surface area contributed by atoms with Crippen LogP contribution in [0.4, 0.5) is 4.39 Å². The Kier molecular flexibility index (Phi) is 28.1. The van der Waals surface area contributed by atoms with Crippen LogP contribution in [-0.2, 0) is 26.3 Å². The summed E-state index contributed by atoms with van der Waals surface area (Å²) in [5.41, 5.74) is -0.420. The number of aliphatic carboxylic acids is 1. The first-order valence-electron chi connectivity index (χ1n) is 11.1. The molecule has 2 aromatic carbocycles. The van der Waals surface area contributed by atoms with Crippen molar-refractivity contribution in [3.63, 3.8) is 0 Å². The molecule has 0 amide bonds. The van der Waals surface area contributed by atoms with Crippen molar-refractivity contribution in [2.45, 2.75) is 25.8 Å². The number of hydrogen-bond donors (Lipinski definition) is 5. The van der Waals surface area contributed by atoms with Gasteiger partial charge >= 0.3 is 63.3 Å². The number of carboxylic acid groups (broad SMARTS) is 1. The molecule has 0 aromatic heterocycles. The molecule has 0 aliphatic rings. The molecule has 9 nitrogen and oxygen atoms in total. The molecule has 12 heteroatoms. The largest absolute Gasteiger partial charge is 1.00 e. The predicted molar refractivity (Wildman–Crippen MR) is 136 cm³/mol. The van der Waals surface area contributed by atoms with Gasteiger partial charge in [-0.1, -0.05) is 76.6 Å². The third-order valence-corrected chi connectivity index (χ3v) is 5.26. The number of esters is 1. The number of carbonyl (C=O) groups is 2. The van der Waals surface area contributed by atoms with Crippen molar-refractivity contribution in [1.29, 1.82) is 0 Å². The van der Waals surface area contributed by atoms with Gasteiger partial charge in [0.15, 0.2) is 0 Å². The molecule has 2 aromatic rings. The number of aliphatic hydroxyl groups excluding tert-OH is 4. The molecule has 6 N–H and O–H groups in total. The van der Waals surface area contributed by atoms with Crippen LogP contribution >= 0.6 is 15.9 Å². The average molecular weight is 621 g/mol. The Bertz CT molecular complexity index is 828. The van der Waals surface area contributed by atoms with E-state index in [1.54, 1.807) is 0 Å². The first-order valence-corrected chi connectivity index (χ1v) is 11.5. The second-order valence-corrected chi connectivity index (χ2v) is 8.30. The molecule has 37 heavy (non-hydrogen) atoms. The third kappa shape index (κ3) is 18.2. The molecule has 0 heterocycles. The number of carboxylic acids is 1. The molecule has 0 unspecified atom stereocenters. The Morgan fingerprint density at radius 3 is 1.46 bits per heavy atom. The van der Waals surface area contributed by atoms with Gasteiger partial charge in [0.1, 0.15) is 17.4 Å². The quantitative estimate of drug-likeness (QED) is 0.144. The van der Waals surface area contributed by atoms with Crippen molar-refractivity contribution in [3.8, 4) is 0 Å². The molecule has 0 radical (unpaired) electrons. The van der Waals surface area contributed by atoms with Gasteiger partial charge in [-0.25, -0.2) is 0 Å². The SMILES string of the molecule is BrCc1ccccc1.CC(CO)(CO)C(=O)O.CC(CO)(CO)C(=O)OCc1ccccc1.[2H]CF.[K+].[OH-]. The van der Waals surface area contributed by atoms with Crippen molar-refractivity contribution >= 4 is 27.9 Å². The summed E-state index contributed by atoms with van der Waals surface area (Å²) in [7, 11) is -1.00. The molecular formula is C25H37BrFKO9. The van der Waals surface area contributed by atoms with Gasteiger partial charge in [-0.3, -0.25) is 14.0 Å². The molecule has 206 valence electrons. The third-order valence-electron chi connectivity index (χ3n) is 4.61. The van der Waals surface area contributed by atoms with E-state index in [4.69, 9.17) is 31.6 Å². The van der Waals surface area contributed by atoms with Crippen LogP contribution in [0.5, 0.6) is 0 Å². The number of benzene rings is 2. The van der Waals surface area contributed by atoms with E-state index in [1.165, 1.54) is 19.4 Å². The average Bonchev–Trinajstić information content (AvgIpc) is 2.92. The Hall–Kier alpha value is -0.774. The fraction of sp³-hybridized carbons (Fsp3) is 0.440. The van der Waals surface area contributed by atoms with E-state index in [9.17, 15) is 14.0 Å². The smallest absolute Gasteiger partial charge is 0.870 e. The molecule has 0 fully saturated rings. The zero-order chi connectivity index (χ0) is 28.0. The van der Waals surface area contributed by atoms with Gasteiger partial charge in [0, 0.05) is 5.33 Å². The summed E-state index contributed by atoms with van der Waals surface area (Å²) < 4.78 is 20.5. The monoisotopic (exact) mass is 619 g/mol. The predicted octanol–water partition coefficient (Wildman–Crippen LogP) is -0.223. The maximum Gasteiger partial charge on any atom is 1.00 e. The molecule has 0 bridgehead atoms. The first-order chi connectivity index (χ1) is 17.0. The summed E-state index contributed by atoms with van der Waals surface area (Å²) in [6.07, 6.45) is 0. The topological polar surface area (TPSA) is 175 Å². The van der Waals surface area contributed by atoms with Crippen LogP contribution in [0.3, 0.4) is 0 Å². The number of carbonyl (C=O) groups excluding carboxylic acids is 1. The van der Waals surface area contributed by atoms with E-state index in [-0.39, 0.29) is 63.5 Å². The molecule has 0 aliphatic carbocycles. The van der Waals surface area contributed by atoms with Crippen LogP contribution in [0, 0.1) is 10.8 Å².